The molecule has 11 rings (SSSR count). The van der Waals surface area contributed by atoms with Gasteiger partial charge in [-0.05, 0) is 76.9 Å². The molecule has 0 N–H and O–H groups in total. The van der Waals surface area contributed by atoms with Crippen LogP contribution in [0.3, 0.4) is 0 Å². The van der Waals surface area contributed by atoms with Gasteiger partial charge in [-0.25, -0.2) is 9.97 Å². The summed E-state index contributed by atoms with van der Waals surface area (Å²) in [5.41, 5.74) is 14.6. The van der Waals surface area contributed by atoms with Crippen LogP contribution in [0.5, 0.6) is 0 Å². The molecular weight excluding hydrogens is 683 g/mol. The van der Waals surface area contributed by atoms with Crippen LogP contribution in [0.2, 0.25) is 0 Å². The molecule has 3 heterocycles. The van der Waals surface area contributed by atoms with Crippen LogP contribution in [0.1, 0.15) is 0 Å². The molecule has 56 heavy (non-hydrogen) atoms. The summed E-state index contributed by atoms with van der Waals surface area (Å²) >= 11 is 0. The molecule has 8 aromatic carbocycles. The lowest BCUT2D eigenvalue weighted by Crippen LogP contribution is -1.95. The Hall–Kier alpha value is -7.56. The van der Waals surface area contributed by atoms with Crippen molar-refractivity contribution in [2.45, 2.75) is 0 Å². The molecule has 3 aromatic heterocycles. The van der Waals surface area contributed by atoms with E-state index in [1.165, 1.54) is 32.9 Å². The van der Waals surface area contributed by atoms with Crippen molar-refractivity contribution in [2.75, 3.05) is 0 Å². The molecule has 0 saturated heterocycles. The topological polar surface area (TPSA) is 43.9 Å². The van der Waals surface area contributed by atoms with Crippen LogP contribution >= 0.6 is 0 Å². The van der Waals surface area contributed by atoms with Crippen molar-refractivity contribution in [3.63, 3.8) is 0 Å². The number of fused-ring (bicyclic) bond motifs is 6. The van der Waals surface area contributed by atoms with Gasteiger partial charge in [0.2, 0.25) is 0 Å². The van der Waals surface area contributed by atoms with Gasteiger partial charge in [-0.2, -0.15) is 0 Å². The van der Waals surface area contributed by atoms with Gasteiger partial charge in [-0.1, -0.05) is 146 Å². The van der Waals surface area contributed by atoms with Crippen LogP contribution in [0, 0.1) is 0 Å². The highest BCUT2D eigenvalue weighted by Gasteiger charge is 2.17. The zero-order valence-electron chi connectivity index (χ0n) is 30.3. The van der Waals surface area contributed by atoms with Crippen LogP contribution in [-0.2, 0) is 0 Å². The molecule has 0 bridgehead atoms. The fourth-order valence-electron chi connectivity index (χ4n) is 8.05. The number of hydrogen-bond acceptors (Lipinski definition) is 3. The van der Waals surface area contributed by atoms with Gasteiger partial charge in [0.15, 0.2) is 5.82 Å². The first-order valence-corrected chi connectivity index (χ1v) is 18.9. The van der Waals surface area contributed by atoms with E-state index in [9.17, 15) is 0 Å². The molecule has 0 radical (unpaired) electrons. The van der Waals surface area contributed by atoms with E-state index in [0.717, 1.165) is 66.8 Å². The van der Waals surface area contributed by atoms with Crippen LogP contribution in [0.15, 0.2) is 205 Å². The third-order valence-corrected chi connectivity index (χ3v) is 10.8. The summed E-state index contributed by atoms with van der Waals surface area (Å²) in [5.74, 6) is 0.659. The molecule has 0 unspecified atom stereocenters. The van der Waals surface area contributed by atoms with Gasteiger partial charge in [-0.15, -0.1) is 0 Å². The maximum atomic E-state index is 6.51. The monoisotopic (exact) mass is 715 g/mol. The lowest BCUT2D eigenvalue weighted by atomic mass is 10.00. The summed E-state index contributed by atoms with van der Waals surface area (Å²) in [7, 11) is 0. The van der Waals surface area contributed by atoms with Gasteiger partial charge in [0, 0.05) is 43.9 Å². The number of para-hydroxylation sites is 1. The number of aromatic nitrogens is 3. The minimum Gasteiger partial charge on any atom is -0.456 e. The maximum absolute atomic E-state index is 6.51. The van der Waals surface area contributed by atoms with Gasteiger partial charge in [0.05, 0.1) is 22.4 Å². The second-order valence-corrected chi connectivity index (χ2v) is 14.2. The normalized spacial score (nSPS) is 11.6. The molecule has 0 spiro atoms. The molecule has 0 amide bonds. The molecule has 0 aliphatic rings. The first kappa shape index (κ1) is 31.9. The van der Waals surface area contributed by atoms with Crippen molar-refractivity contribution >= 4 is 43.7 Å². The number of furan rings is 1. The number of hydrogen-bond donors (Lipinski definition) is 0. The van der Waals surface area contributed by atoms with Gasteiger partial charge < -0.3 is 8.98 Å². The van der Waals surface area contributed by atoms with Crippen molar-refractivity contribution < 1.29 is 4.42 Å². The van der Waals surface area contributed by atoms with E-state index in [2.05, 4.69) is 168 Å². The Morgan fingerprint density at radius 2 is 0.804 bits per heavy atom. The summed E-state index contributed by atoms with van der Waals surface area (Å²) in [6.07, 6.45) is 0. The van der Waals surface area contributed by atoms with E-state index in [1.54, 1.807) is 0 Å². The summed E-state index contributed by atoms with van der Waals surface area (Å²) in [5, 5.41) is 4.59. The van der Waals surface area contributed by atoms with E-state index in [4.69, 9.17) is 14.4 Å². The zero-order chi connectivity index (χ0) is 37.0. The van der Waals surface area contributed by atoms with Crippen molar-refractivity contribution in [2.24, 2.45) is 0 Å². The van der Waals surface area contributed by atoms with Gasteiger partial charge in [0.1, 0.15) is 11.2 Å². The van der Waals surface area contributed by atoms with Crippen LogP contribution in [0.4, 0.5) is 0 Å². The Morgan fingerprint density at radius 1 is 0.321 bits per heavy atom. The standard InChI is InChI=1S/C52H33N3O/c1-5-13-34(14-6-1)38-21-25-42-43-26-22-39(31-49(43)55(48(42)30-38)41-19-11-4-12-20-41)37-24-28-50-45(29-37)44-27-23-40(32-51(44)56-50)52-53-46(35-15-7-2-8-16-35)33-47(54-52)36-17-9-3-10-18-36/h1-33H. The predicted molar refractivity (Wildman–Crippen MR) is 231 cm³/mol. The van der Waals surface area contributed by atoms with E-state index in [0.29, 0.717) is 5.82 Å². The summed E-state index contributed by atoms with van der Waals surface area (Å²) in [4.78, 5) is 10.1. The van der Waals surface area contributed by atoms with E-state index in [-0.39, 0.29) is 0 Å². The van der Waals surface area contributed by atoms with Gasteiger partial charge >= 0.3 is 0 Å². The third-order valence-electron chi connectivity index (χ3n) is 10.8. The quantitative estimate of drug-likeness (QED) is 0.172. The molecule has 0 aliphatic carbocycles. The highest BCUT2D eigenvalue weighted by Crippen LogP contribution is 2.39. The SMILES string of the molecule is c1ccc(-c2ccc3c4ccc(-c5ccc6oc7cc(-c8nc(-c9ccccc9)cc(-c9ccccc9)n8)ccc7c6c5)cc4n(-c4ccccc4)c3c2)cc1. The number of rotatable bonds is 6. The lowest BCUT2D eigenvalue weighted by molar-refractivity contribution is 0.669. The molecular formula is C52H33N3O. The van der Waals surface area contributed by atoms with Crippen molar-refractivity contribution in [3.05, 3.63) is 200 Å². The molecule has 0 fully saturated rings. The fraction of sp³-hybridized carbons (Fsp3) is 0. The number of benzene rings is 8. The Bertz CT molecular complexity index is 3160. The molecule has 0 saturated carbocycles. The maximum Gasteiger partial charge on any atom is 0.160 e. The Morgan fingerprint density at radius 3 is 1.41 bits per heavy atom. The molecule has 11 aromatic rings. The minimum absolute atomic E-state index is 0.659. The minimum atomic E-state index is 0.659. The van der Waals surface area contributed by atoms with E-state index < -0.39 is 0 Å². The summed E-state index contributed by atoms with van der Waals surface area (Å²) < 4.78 is 8.91. The van der Waals surface area contributed by atoms with Crippen LogP contribution < -0.4 is 0 Å². The largest absolute Gasteiger partial charge is 0.456 e. The van der Waals surface area contributed by atoms with Gasteiger partial charge in [-0.3, -0.25) is 0 Å². The van der Waals surface area contributed by atoms with Crippen molar-refractivity contribution in [1.29, 1.82) is 0 Å². The smallest absolute Gasteiger partial charge is 0.160 e. The third kappa shape index (κ3) is 5.47. The molecule has 4 heteroatoms. The molecule has 0 aliphatic heterocycles. The molecule has 262 valence electrons. The second kappa shape index (κ2) is 13.1. The van der Waals surface area contributed by atoms with Crippen LogP contribution in [0.25, 0.3) is 106 Å². The highest BCUT2D eigenvalue weighted by molar-refractivity contribution is 6.12. The highest BCUT2D eigenvalue weighted by atomic mass is 16.3. The summed E-state index contributed by atoms with van der Waals surface area (Å²) in [6, 6.07) is 70.3. The zero-order valence-corrected chi connectivity index (χ0v) is 30.3. The molecule has 0 atom stereocenters. The first-order chi connectivity index (χ1) is 27.7. The average molecular weight is 716 g/mol. The Balaban J connectivity index is 1.02. The first-order valence-electron chi connectivity index (χ1n) is 18.9. The second-order valence-electron chi connectivity index (χ2n) is 14.2. The van der Waals surface area contributed by atoms with E-state index >= 15 is 0 Å². The summed E-state index contributed by atoms with van der Waals surface area (Å²) in [6.45, 7) is 0. The predicted octanol–water partition coefficient (Wildman–Crippen LogP) is 13.8. The average Bonchev–Trinajstić information content (AvgIpc) is 3.81. The fourth-order valence-corrected chi connectivity index (χ4v) is 8.05. The van der Waals surface area contributed by atoms with E-state index in [1.807, 2.05) is 36.4 Å². The van der Waals surface area contributed by atoms with Crippen molar-refractivity contribution in [3.8, 4) is 61.8 Å². The van der Waals surface area contributed by atoms with Crippen LogP contribution in [-0.4, -0.2) is 14.5 Å². The lowest BCUT2D eigenvalue weighted by Gasteiger charge is -2.10. The Labute approximate surface area is 323 Å². The van der Waals surface area contributed by atoms with Gasteiger partial charge in [0.25, 0.3) is 0 Å². The molecule has 4 nitrogen and oxygen atoms in total. The number of nitrogens with zero attached hydrogens (tertiary/aromatic N) is 3. The Kier molecular flexibility index (Phi) is 7.46. The van der Waals surface area contributed by atoms with Crippen molar-refractivity contribution in [1.82, 2.24) is 14.5 Å².